The maximum absolute atomic E-state index is 13.0. The second kappa shape index (κ2) is 9.19. The zero-order valence-corrected chi connectivity index (χ0v) is 21.0. The SMILES string of the molecule is CC(=O)NC1=CCC2c3cc(C(=O)Nc4ccc(OC(F)(F)Cl)cc4)cc(Br)c3N(C(C)C)C12. The van der Waals surface area contributed by atoms with E-state index in [1.807, 2.05) is 12.1 Å². The van der Waals surface area contributed by atoms with Gasteiger partial charge in [-0.1, -0.05) is 6.08 Å². The fourth-order valence-corrected chi connectivity index (χ4v) is 5.43. The Morgan fingerprint density at radius 3 is 2.47 bits per heavy atom. The van der Waals surface area contributed by atoms with Gasteiger partial charge in [-0.2, -0.15) is 0 Å². The molecular formula is C24H23BrClF2N3O3. The van der Waals surface area contributed by atoms with Crippen LogP contribution in [0, 0.1) is 0 Å². The molecule has 34 heavy (non-hydrogen) atoms. The van der Waals surface area contributed by atoms with Gasteiger partial charge in [0, 0.05) is 51.9 Å². The number of alkyl halides is 3. The molecule has 0 saturated heterocycles. The molecule has 0 radical (unpaired) electrons. The lowest BCUT2D eigenvalue weighted by molar-refractivity contribution is -0.118. The van der Waals surface area contributed by atoms with Gasteiger partial charge >= 0.3 is 5.57 Å². The number of amides is 2. The lowest BCUT2D eigenvalue weighted by Gasteiger charge is -2.33. The summed E-state index contributed by atoms with van der Waals surface area (Å²) in [6, 6.07) is 9.29. The van der Waals surface area contributed by atoms with Crippen LogP contribution in [-0.2, 0) is 4.79 Å². The molecule has 1 aliphatic carbocycles. The number of allylic oxidation sites excluding steroid dienone is 1. The van der Waals surface area contributed by atoms with E-state index in [1.54, 1.807) is 6.07 Å². The fourth-order valence-electron chi connectivity index (χ4n) is 4.66. The molecule has 2 unspecified atom stereocenters. The summed E-state index contributed by atoms with van der Waals surface area (Å²) >= 11 is 8.43. The molecule has 0 spiro atoms. The lowest BCUT2D eigenvalue weighted by Crippen LogP contribution is -2.43. The molecule has 2 aliphatic rings. The van der Waals surface area contributed by atoms with E-state index >= 15 is 0 Å². The Morgan fingerprint density at radius 2 is 1.88 bits per heavy atom. The van der Waals surface area contributed by atoms with Gasteiger partial charge in [0.2, 0.25) is 5.91 Å². The second-order valence-corrected chi connectivity index (χ2v) is 9.85. The summed E-state index contributed by atoms with van der Waals surface area (Å²) in [5, 5.41) is 5.74. The Bertz CT molecular complexity index is 1170. The molecule has 180 valence electrons. The number of carbonyl (C=O) groups excluding carboxylic acids is 2. The van der Waals surface area contributed by atoms with Crippen LogP contribution in [0.1, 0.15) is 49.0 Å². The van der Waals surface area contributed by atoms with Gasteiger partial charge in [-0.15, -0.1) is 8.78 Å². The zero-order chi connectivity index (χ0) is 24.8. The Hall–Kier alpha value is -2.65. The molecule has 1 heterocycles. The van der Waals surface area contributed by atoms with E-state index in [4.69, 9.17) is 11.6 Å². The Balaban J connectivity index is 1.59. The van der Waals surface area contributed by atoms with Crippen molar-refractivity contribution in [2.75, 3.05) is 10.2 Å². The van der Waals surface area contributed by atoms with Crippen molar-refractivity contribution in [3.05, 3.63) is 63.8 Å². The van der Waals surface area contributed by atoms with Gasteiger partial charge in [0.05, 0.1) is 11.7 Å². The highest BCUT2D eigenvalue weighted by Gasteiger charge is 2.45. The molecule has 2 amide bonds. The number of nitrogens with zero attached hydrogens (tertiary/aromatic N) is 1. The smallest absolute Gasteiger partial charge is 0.420 e. The Morgan fingerprint density at radius 1 is 1.21 bits per heavy atom. The van der Waals surface area contributed by atoms with Gasteiger partial charge < -0.3 is 20.3 Å². The molecule has 2 N–H and O–H groups in total. The second-order valence-electron chi connectivity index (χ2n) is 8.55. The highest BCUT2D eigenvalue weighted by molar-refractivity contribution is 9.10. The number of hydrogen-bond donors (Lipinski definition) is 2. The van der Waals surface area contributed by atoms with E-state index in [2.05, 4.69) is 50.0 Å². The van der Waals surface area contributed by atoms with Crippen LogP contribution < -0.4 is 20.3 Å². The summed E-state index contributed by atoms with van der Waals surface area (Å²) in [4.78, 5) is 27.0. The van der Waals surface area contributed by atoms with E-state index in [-0.39, 0.29) is 35.6 Å². The monoisotopic (exact) mass is 553 g/mol. The van der Waals surface area contributed by atoms with Crippen LogP contribution >= 0.6 is 27.5 Å². The predicted octanol–water partition coefficient (Wildman–Crippen LogP) is 5.97. The fraction of sp³-hybridized carbons (Fsp3) is 0.333. The van der Waals surface area contributed by atoms with Gasteiger partial charge in [0.15, 0.2) is 0 Å². The lowest BCUT2D eigenvalue weighted by atomic mass is 9.94. The van der Waals surface area contributed by atoms with Gasteiger partial charge in [0.25, 0.3) is 5.91 Å². The number of benzene rings is 2. The number of hydrogen-bond acceptors (Lipinski definition) is 4. The van der Waals surface area contributed by atoms with E-state index in [9.17, 15) is 18.4 Å². The molecule has 10 heteroatoms. The maximum Gasteiger partial charge on any atom is 0.487 e. The summed E-state index contributed by atoms with van der Waals surface area (Å²) in [7, 11) is 0. The van der Waals surface area contributed by atoms with Gasteiger partial charge in [-0.05, 0) is 78.2 Å². The van der Waals surface area contributed by atoms with Gasteiger partial charge in [0.1, 0.15) is 5.75 Å². The zero-order valence-electron chi connectivity index (χ0n) is 18.7. The largest absolute Gasteiger partial charge is 0.487 e. The van der Waals surface area contributed by atoms with Crippen molar-refractivity contribution >= 4 is 50.7 Å². The average Bonchev–Trinajstić information content (AvgIpc) is 3.27. The van der Waals surface area contributed by atoms with Crippen molar-refractivity contribution in [1.82, 2.24) is 5.32 Å². The van der Waals surface area contributed by atoms with Crippen molar-refractivity contribution in [3.63, 3.8) is 0 Å². The molecular weight excluding hydrogens is 532 g/mol. The number of nitrogens with one attached hydrogen (secondary N) is 2. The summed E-state index contributed by atoms with van der Waals surface area (Å²) in [6.45, 7) is 5.68. The molecule has 0 aromatic heterocycles. The topological polar surface area (TPSA) is 70.7 Å². The highest BCUT2D eigenvalue weighted by Crippen LogP contribution is 2.52. The summed E-state index contributed by atoms with van der Waals surface area (Å²) in [6.07, 6.45) is 2.80. The molecule has 6 nitrogen and oxygen atoms in total. The predicted molar refractivity (Wildman–Crippen MR) is 131 cm³/mol. The first-order valence-corrected chi connectivity index (χ1v) is 11.9. The quantitative estimate of drug-likeness (QED) is 0.432. The van der Waals surface area contributed by atoms with Crippen LogP contribution in [0.5, 0.6) is 5.75 Å². The van der Waals surface area contributed by atoms with E-state index in [0.717, 1.165) is 27.8 Å². The molecule has 2 aromatic rings. The number of halogens is 4. The van der Waals surface area contributed by atoms with Crippen molar-refractivity contribution in [1.29, 1.82) is 0 Å². The third kappa shape index (κ3) is 4.90. The van der Waals surface area contributed by atoms with Crippen LogP contribution in [-0.4, -0.2) is 29.5 Å². The standard InChI is InChI=1S/C24H23BrClF2N3O3/c1-12(2)31-21-18(17-8-9-20(22(17)31)29-13(3)32)10-14(11-19(21)25)23(33)30-15-4-6-16(7-5-15)34-24(26,27)28/h4-7,9-12,17,22H,8H2,1-3H3,(H,29,32)(H,30,33). The molecule has 0 bridgehead atoms. The minimum Gasteiger partial charge on any atom is -0.420 e. The number of ether oxygens (including phenoxy) is 1. The number of carbonyl (C=O) groups is 2. The van der Waals surface area contributed by atoms with Crippen molar-refractivity contribution in [2.24, 2.45) is 0 Å². The number of fused-ring (bicyclic) bond motifs is 3. The molecule has 2 atom stereocenters. The van der Waals surface area contributed by atoms with Crippen molar-refractivity contribution < 1.29 is 23.1 Å². The van der Waals surface area contributed by atoms with Crippen LogP contribution in [0.4, 0.5) is 20.2 Å². The van der Waals surface area contributed by atoms with E-state index < -0.39 is 5.57 Å². The third-order valence-corrected chi connectivity index (χ3v) is 6.51. The first-order valence-electron chi connectivity index (χ1n) is 10.7. The van der Waals surface area contributed by atoms with Gasteiger partial charge in [-0.3, -0.25) is 9.59 Å². The van der Waals surface area contributed by atoms with Crippen LogP contribution in [0.2, 0.25) is 0 Å². The first-order chi connectivity index (χ1) is 15.9. The van der Waals surface area contributed by atoms with E-state index in [0.29, 0.717) is 11.3 Å². The minimum absolute atomic E-state index is 0.0129. The first kappa shape index (κ1) is 24.5. The summed E-state index contributed by atoms with van der Waals surface area (Å²) in [5.41, 5.74) is -0.00777. The number of rotatable bonds is 6. The molecule has 0 fully saturated rings. The van der Waals surface area contributed by atoms with E-state index in [1.165, 1.54) is 31.2 Å². The maximum atomic E-state index is 13.0. The minimum atomic E-state index is -3.81. The molecule has 1 aliphatic heterocycles. The van der Waals surface area contributed by atoms with Crippen molar-refractivity contribution in [2.45, 2.75) is 50.8 Å². The summed E-state index contributed by atoms with van der Waals surface area (Å²) in [5.74, 6) is -0.469. The molecule has 4 rings (SSSR count). The highest BCUT2D eigenvalue weighted by atomic mass is 79.9. The Labute approximate surface area is 209 Å². The van der Waals surface area contributed by atoms with Crippen LogP contribution in [0.15, 0.2) is 52.6 Å². The third-order valence-electron chi connectivity index (χ3n) is 5.83. The average molecular weight is 555 g/mol. The van der Waals surface area contributed by atoms with Crippen LogP contribution in [0.25, 0.3) is 0 Å². The molecule has 2 aromatic carbocycles. The Kier molecular flexibility index (Phi) is 6.61. The normalized spacial score (nSPS) is 18.9. The summed E-state index contributed by atoms with van der Waals surface area (Å²) < 4.78 is 30.6. The van der Waals surface area contributed by atoms with Crippen LogP contribution in [0.3, 0.4) is 0 Å². The molecule has 0 saturated carbocycles. The van der Waals surface area contributed by atoms with Crippen molar-refractivity contribution in [3.8, 4) is 5.75 Å². The van der Waals surface area contributed by atoms with Gasteiger partial charge in [-0.25, -0.2) is 0 Å². The number of anilines is 2.